The third kappa shape index (κ3) is 4.16. The second-order valence-electron chi connectivity index (χ2n) is 5.88. The Bertz CT molecular complexity index is 870. The SMILES string of the molecule is C=CCn1c(SCCCc2cnn(C)c2)nnc1-c1ccccc1OC. The van der Waals surface area contributed by atoms with E-state index in [0.29, 0.717) is 6.54 Å². The van der Waals surface area contributed by atoms with Crippen molar-refractivity contribution in [3.63, 3.8) is 0 Å². The number of aromatic nitrogens is 5. The number of methoxy groups -OCH3 is 1. The molecule has 0 aliphatic rings. The highest BCUT2D eigenvalue weighted by Gasteiger charge is 2.16. The molecule has 0 fully saturated rings. The van der Waals surface area contributed by atoms with E-state index in [2.05, 4.69) is 32.6 Å². The minimum atomic E-state index is 0.658. The third-order valence-corrected chi connectivity index (χ3v) is 5.03. The molecule has 0 aliphatic carbocycles. The summed E-state index contributed by atoms with van der Waals surface area (Å²) in [6, 6.07) is 7.86. The van der Waals surface area contributed by atoms with Gasteiger partial charge in [-0.25, -0.2) is 0 Å². The molecule has 0 bridgehead atoms. The van der Waals surface area contributed by atoms with Crippen LogP contribution >= 0.6 is 11.8 Å². The van der Waals surface area contributed by atoms with E-state index >= 15 is 0 Å². The normalized spacial score (nSPS) is 10.8. The molecule has 1 aromatic carbocycles. The van der Waals surface area contributed by atoms with Crippen molar-refractivity contribution in [3.05, 3.63) is 54.9 Å². The third-order valence-electron chi connectivity index (χ3n) is 3.98. The van der Waals surface area contributed by atoms with E-state index in [0.717, 1.165) is 40.9 Å². The van der Waals surface area contributed by atoms with E-state index in [-0.39, 0.29) is 0 Å². The Morgan fingerprint density at radius 3 is 2.85 bits per heavy atom. The Balaban J connectivity index is 1.71. The molecular weight excluding hydrogens is 346 g/mol. The number of allylic oxidation sites excluding steroid dienone is 1. The molecule has 2 heterocycles. The molecule has 2 aromatic heterocycles. The molecule has 3 aromatic rings. The smallest absolute Gasteiger partial charge is 0.191 e. The zero-order chi connectivity index (χ0) is 18.4. The van der Waals surface area contributed by atoms with Crippen LogP contribution in [0.2, 0.25) is 0 Å². The van der Waals surface area contributed by atoms with Crippen LogP contribution in [-0.2, 0) is 20.0 Å². The lowest BCUT2D eigenvalue weighted by Crippen LogP contribution is -2.02. The van der Waals surface area contributed by atoms with Crippen LogP contribution in [0.1, 0.15) is 12.0 Å². The van der Waals surface area contributed by atoms with Crippen molar-refractivity contribution < 1.29 is 4.74 Å². The van der Waals surface area contributed by atoms with Gasteiger partial charge in [0.05, 0.1) is 18.9 Å². The summed E-state index contributed by atoms with van der Waals surface area (Å²) < 4.78 is 9.39. The van der Waals surface area contributed by atoms with Gasteiger partial charge in [0.15, 0.2) is 11.0 Å². The molecule has 0 atom stereocenters. The highest BCUT2D eigenvalue weighted by atomic mass is 32.2. The second-order valence-corrected chi connectivity index (χ2v) is 6.94. The molecular formula is C19H23N5OS. The van der Waals surface area contributed by atoms with Crippen LogP contribution in [-0.4, -0.2) is 37.4 Å². The van der Waals surface area contributed by atoms with E-state index in [1.807, 2.05) is 48.3 Å². The van der Waals surface area contributed by atoms with Crippen molar-refractivity contribution in [1.29, 1.82) is 0 Å². The van der Waals surface area contributed by atoms with Crippen LogP contribution in [0.3, 0.4) is 0 Å². The molecule has 6 nitrogen and oxygen atoms in total. The van der Waals surface area contributed by atoms with Crippen LogP contribution in [0.15, 0.2) is 54.5 Å². The number of hydrogen-bond donors (Lipinski definition) is 0. The van der Waals surface area contributed by atoms with E-state index in [9.17, 15) is 0 Å². The summed E-state index contributed by atoms with van der Waals surface area (Å²) >= 11 is 1.72. The first-order valence-electron chi connectivity index (χ1n) is 8.50. The molecule has 3 rings (SSSR count). The lowest BCUT2D eigenvalue weighted by atomic mass is 10.2. The summed E-state index contributed by atoms with van der Waals surface area (Å²) in [5.41, 5.74) is 2.20. The minimum Gasteiger partial charge on any atom is -0.496 e. The Labute approximate surface area is 157 Å². The number of hydrogen-bond acceptors (Lipinski definition) is 5. The van der Waals surface area contributed by atoms with Gasteiger partial charge >= 0.3 is 0 Å². The van der Waals surface area contributed by atoms with Crippen molar-refractivity contribution >= 4 is 11.8 Å². The van der Waals surface area contributed by atoms with E-state index in [1.165, 1.54) is 5.56 Å². The maximum Gasteiger partial charge on any atom is 0.191 e. The Morgan fingerprint density at radius 2 is 2.12 bits per heavy atom. The maximum absolute atomic E-state index is 5.47. The average molecular weight is 369 g/mol. The fourth-order valence-electron chi connectivity index (χ4n) is 2.76. The summed E-state index contributed by atoms with van der Waals surface area (Å²) in [6.45, 7) is 4.52. The highest BCUT2D eigenvalue weighted by molar-refractivity contribution is 7.99. The predicted molar refractivity (Wildman–Crippen MR) is 104 cm³/mol. The fraction of sp³-hybridized carbons (Fsp3) is 0.316. The number of thioether (sulfide) groups is 1. The van der Waals surface area contributed by atoms with Gasteiger partial charge in [-0.1, -0.05) is 30.0 Å². The monoisotopic (exact) mass is 369 g/mol. The van der Waals surface area contributed by atoms with Crippen molar-refractivity contribution in [2.75, 3.05) is 12.9 Å². The lowest BCUT2D eigenvalue weighted by Gasteiger charge is -2.10. The van der Waals surface area contributed by atoms with Gasteiger partial charge in [0.1, 0.15) is 5.75 Å². The van der Waals surface area contributed by atoms with Crippen LogP contribution in [0, 0.1) is 0 Å². The molecule has 0 radical (unpaired) electrons. The molecule has 0 spiro atoms. The van der Waals surface area contributed by atoms with Gasteiger partial charge < -0.3 is 4.74 Å². The first-order valence-corrected chi connectivity index (χ1v) is 9.49. The van der Waals surface area contributed by atoms with E-state index in [1.54, 1.807) is 18.9 Å². The first-order chi connectivity index (χ1) is 12.7. The zero-order valence-electron chi connectivity index (χ0n) is 15.1. The Kier molecular flexibility index (Phi) is 6.12. The number of aryl methyl sites for hydroxylation is 2. The molecule has 0 unspecified atom stereocenters. The summed E-state index contributed by atoms with van der Waals surface area (Å²) in [5.74, 6) is 2.56. The zero-order valence-corrected chi connectivity index (χ0v) is 15.9. The number of rotatable bonds is 9. The van der Waals surface area contributed by atoms with Gasteiger partial charge in [-0.3, -0.25) is 9.25 Å². The van der Waals surface area contributed by atoms with Gasteiger partial charge in [-0.2, -0.15) is 5.10 Å². The standard InChI is InChI=1S/C19H23N5OS/c1-4-11-24-18(16-9-5-6-10-17(16)25-3)21-22-19(24)26-12-7-8-15-13-20-23(2)14-15/h4-6,9-10,13-14H,1,7-8,11-12H2,2-3H3. The summed E-state index contributed by atoms with van der Waals surface area (Å²) in [4.78, 5) is 0. The van der Waals surface area contributed by atoms with Gasteiger partial charge in [0.25, 0.3) is 0 Å². The van der Waals surface area contributed by atoms with Gasteiger partial charge in [-0.05, 0) is 30.5 Å². The molecule has 0 N–H and O–H groups in total. The maximum atomic E-state index is 5.47. The average Bonchev–Trinajstić information content (AvgIpc) is 3.25. The Morgan fingerprint density at radius 1 is 1.27 bits per heavy atom. The second kappa shape index (κ2) is 8.71. The van der Waals surface area contributed by atoms with Crippen molar-refractivity contribution in [2.24, 2.45) is 7.05 Å². The van der Waals surface area contributed by atoms with Crippen molar-refractivity contribution in [3.8, 4) is 17.1 Å². The van der Waals surface area contributed by atoms with Crippen molar-refractivity contribution in [2.45, 2.75) is 24.5 Å². The number of para-hydroxylation sites is 1. The van der Waals surface area contributed by atoms with Crippen molar-refractivity contribution in [1.82, 2.24) is 24.5 Å². The largest absolute Gasteiger partial charge is 0.496 e. The van der Waals surface area contributed by atoms with Crippen LogP contribution < -0.4 is 4.74 Å². The molecule has 0 saturated carbocycles. The Hall–Kier alpha value is -2.54. The molecule has 0 saturated heterocycles. The molecule has 0 aliphatic heterocycles. The summed E-state index contributed by atoms with van der Waals surface area (Å²) in [5, 5.41) is 13.9. The molecule has 0 amide bonds. The van der Waals surface area contributed by atoms with Crippen LogP contribution in [0.4, 0.5) is 0 Å². The lowest BCUT2D eigenvalue weighted by molar-refractivity contribution is 0.416. The molecule has 7 heteroatoms. The van der Waals surface area contributed by atoms with E-state index < -0.39 is 0 Å². The topological polar surface area (TPSA) is 57.8 Å². The number of ether oxygens (including phenoxy) is 1. The fourth-order valence-corrected chi connectivity index (χ4v) is 3.65. The van der Waals surface area contributed by atoms with Gasteiger partial charge in [0.2, 0.25) is 0 Å². The number of benzene rings is 1. The van der Waals surface area contributed by atoms with Gasteiger partial charge in [-0.15, -0.1) is 16.8 Å². The van der Waals surface area contributed by atoms with Crippen LogP contribution in [0.25, 0.3) is 11.4 Å². The molecule has 26 heavy (non-hydrogen) atoms. The first kappa shape index (κ1) is 18.3. The highest BCUT2D eigenvalue weighted by Crippen LogP contribution is 2.31. The minimum absolute atomic E-state index is 0.658. The molecule has 136 valence electrons. The predicted octanol–water partition coefficient (Wildman–Crippen LogP) is 3.60. The number of nitrogens with zero attached hydrogens (tertiary/aromatic N) is 5. The summed E-state index contributed by atoms with van der Waals surface area (Å²) in [7, 11) is 3.61. The van der Waals surface area contributed by atoms with Gasteiger partial charge in [0, 0.05) is 25.5 Å². The quantitative estimate of drug-likeness (QED) is 0.328. The summed E-state index contributed by atoms with van der Waals surface area (Å²) in [6.07, 6.45) is 7.91. The van der Waals surface area contributed by atoms with Crippen LogP contribution in [0.5, 0.6) is 5.75 Å². The van der Waals surface area contributed by atoms with E-state index in [4.69, 9.17) is 4.74 Å².